The minimum atomic E-state index is 0.428. The summed E-state index contributed by atoms with van der Waals surface area (Å²) in [6.45, 7) is 6.80. The van der Waals surface area contributed by atoms with Crippen molar-refractivity contribution in [2.75, 3.05) is 0 Å². The molecule has 6 nitrogen and oxygen atoms in total. The van der Waals surface area contributed by atoms with E-state index in [-0.39, 0.29) is 0 Å². The Labute approximate surface area is 103 Å². The molecule has 0 aromatic carbocycles. The van der Waals surface area contributed by atoms with Crippen LogP contribution in [0.15, 0.2) is 6.07 Å². The molecule has 0 fully saturated rings. The lowest BCUT2D eigenvalue weighted by Gasteiger charge is -2.03. The van der Waals surface area contributed by atoms with Gasteiger partial charge in [-0.2, -0.15) is 0 Å². The predicted octanol–water partition coefficient (Wildman–Crippen LogP) is 1.86. The van der Waals surface area contributed by atoms with Gasteiger partial charge in [0.15, 0.2) is 0 Å². The molecule has 92 valence electrons. The minimum absolute atomic E-state index is 0.428. The van der Waals surface area contributed by atoms with Gasteiger partial charge in [-0.15, -0.1) is 10.2 Å². The molecule has 0 aliphatic carbocycles. The minimum Gasteiger partial charge on any atom is -0.409 e. The van der Waals surface area contributed by atoms with Gasteiger partial charge in [0.1, 0.15) is 5.01 Å². The lowest BCUT2D eigenvalue weighted by molar-refractivity contribution is 0.453. The maximum Gasteiger partial charge on any atom is 0.300 e. The number of aromatic nitrogens is 4. The highest BCUT2D eigenvalue weighted by atomic mass is 32.1. The van der Waals surface area contributed by atoms with Crippen LogP contribution in [0.5, 0.6) is 11.1 Å². The Morgan fingerprint density at radius 3 is 2.94 bits per heavy atom. The smallest absolute Gasteiger partial charge is 0.300 e. The maximum absolute atomic E-state index is 5.46. The Balaban J connectivity index is 1.94. The molecule has 17 heavy (non-hydrogen) atoms. The van der Waals surface area contributed by atoms with E-state index in [1.54, 1.807) is 0 Å². The van der Waals surface area contributed by atoms with Crippen molar-refractivity contribution in [1.29, 1.82) is 0 Å². The Kier molecular flexibility index (Phi) is 3.70. The first-order valence-corrected chi connectivity index (χ1v) is 6.21. The highest BCUT2D eigenvalue weighted by Crippen LogP contribution is 2.23. The topological polar surface area (TPSA) is 75.7 Å². The Morgan fingerprint density at radius 1 is 1.47 bits per heavy atom. The normalized spacial score (nSPS) is 11.1. The van der Waals surface area contributed by atoms with Gasteiger partial charge in [-0.1, -0.05) is 30.3 Å². The molecule has 0 aliphatic rings. The summed E-state index contributed by atoms with van der Waals surface area (Å²) in [6, 6.07) is 2.24. The van der Waals surface area contributed by atoms with Gasteiger partial charge < -0.3 is 10.1 Å². The summed E-state index contributed by atoms with van der Waals surface area (Å²) in [5, 5.41) is 19.4. The first-order chi connectivity index (χ1) is 8.13. The van der Waals surface area contributed by atoms with E-state index in [9.17, 15) is 0 Å². The molecule has 0 radical (unpaired) electrons. The summed E-state index contributed by atoms with van der Waals surface area (Å²) in [4.78, 5) is 0. The molecule has 0 aliphatic heterocycles. The van der Waals surface area contributed by atoms with Crippen LogP contribution in [0, 0.1) is 6.92 Å². The van der Waals surface area contributed by atoms with Crippen LogP contribution in [0.2, 0.25) is 0 Å². The summed E-state index contributed by atoms with van der Waals surface area (Å²) < 4.78 is 5.46. The van der Waals surface area contributed by atoms with Crippen molar-refractivity contribution < 1.29 is 4.74 Å². The van der Waals surface area contributed by atoms with Crippen molar-refractivity contribution >= 4 is 11.3 Å². The molecule has 0 amide bonds. The average molecular weight is 253 g/mol. The van der Waals surface area contributed by atoms with E-state index in [1.807, 2.05) is 13.0 Å². The highest BCUT2D eigenvalue weighted by molar-refractivity contribution is 7.13. The van der Waals surface area contributed by atoms with E-state index in [1.165, 1.54) is 11.3 Å². The zero-order chi connectivity index (χ0) is 12.3. The van der Waals surface area contributed by atoms with Gasteiger partial charge in [-0.05, 0) is 6.92 Å². The summed E-state index contributed by atoms with van der Waals surface area (Å²) in [5.74, 6) is 0.516. The fourth-order valence-corrected chi connectivity index (χ4v) is 1.82. The molecule has 0 saturated heterocycles. The van der Waals surface area contributed by atoms with Crippen LogP contribution in [0.25, 0.3) is 0 Å². The molecule has 2 aromatic rings. The van der Waals surface area contributed by atoms with Gasteiger partial charge in [-0.3, -0.25) is 5.10 Å². The van der Waals surface area contributed by atoms with Crippen LogP contribution in [0.3, 0.4) is 0 Å². The lowest BCUT2D eigenvalue weighted by Crippen LogP contribution is -2.21. The Morgan fingerprint density at radius 2 is 2.29 bits per heavy atom. The van der Waals surface area contributed by atoms with Gasteiger partial charge in [0.05, 0.1) is 6.54 Å². The zero-order valence-electron chi connectivity index (χ0n) is 10.0. The molecule has 2 N–H and O–H groups in total. The summed E-state index contributed by atoms with van der Waals surface area (Å²) in [5.41, 5.74) is 0.950. The van der Waals surface area contributed by atoms with E-state index in [0.717, 1.165) is 10.7 Å². The van der Waals surface area contributed by atoms with Crippen molar-refractivity contribution in [3.8, 4) is 11.1 Å². The first kappa shape index (κ1) is 12.0. The third-order valence-corrected chi connectivity index (χ3v) is 2.79. The van der Waals surface area contributed by atoms with Crippen LogP contribution >= 0.6 is 11.3 Å². The summed E-state index contributed by atoms with van der Waals surface area (Å²) in [7, 11) is 0. The van der Waals surface area contributed by atoms with E-state index >= 15 is 0 Å². The Hall–Kier alpha value is -1.47. The number of H-pyrrole nitrogens is 1. The van der Waals surface area contributed by atoms with Crippen molar-refractivity contribution in [2.45, 2.75) is 33.4 Å². The number of ether oxygens (including phenoxy) is 1. The SMILES string of the molecule is Cc1cc(Oc2nnc(CNC(C)C)s2)n[nH]1. The first-order valence-electron chi connectivity index (χ1n) is 5.39. The second-order valence-electron chi connectivity index (χ2n) is 3.99. The van der Waals surface area contributed by atoms with Crippen LogP contribution in [-0.2, 0) is 6.54 Å². The van der Waals surface area contributed by atoms with Crippen molar-refractivity contribution in [2.24, 2.45) is 0 Å². The van der Waals surface area contributed by atoms with E-state index < -0.39 is 0 Å². The van der Waals surface area contributed by atoms with Crippen LogP contribution in [0.1, 0.15) is 24.5 Å². The molecule has 0 bridgehead atoms. The molecular formula is C10H15N5OS. The molecule has 0 spiro atoms. The second kappa shape index (κ2) is 5.24. The van der Waals surface area contributed by atoms with Crippen molar-refractivity contribution in [3.63, 3.8) is 0 Å². The Bertz CT molecular complexity index is 479. The zero-order valence-corrected chi connectivity index (χ0v) is 10.8. The van der Waals surface area contributed by atoms with Gasteiger partial charge in [0, 0.05) is 17.8 Å². The number of nitrogens with one attached hydrogen (secondary N) is 2. The summed E-state index contributed by atoms with van der Waals surface area (Å²) in [6.07, 6.45) is 0. The van der Waals surface area contributed by atoms with E-state index in [4.69, 9.17) is 4.74 Å². The molecule has 7 heteroatoms. The molecule has 0 saturated carbocycles. The van der Waals surface area contributed by atoms with Crippen LogP contribution in [-0.4, -0.2) is 26.4 Å². The van der Waals surface area contributed by atoms with Crippen molar-refractivity contribution in [1.82, 2.24) is 25.7 Å². The van der Waals surface area contributed by atoms with E-state index in [0.29, 0.717) is 23.7 Å². The standard InChI is InChI=1S/C10H15N5OS/c1-6(2)11-5-9-14-15-10(17-9)16-8-4-7(3)12-13-8/h4,6,11H,5H2,1-3H3,(H,12,13). The third-order valence-electron chi connectivity index (χ3n) is 1.98. The predicted molar refractivity (Wildman–Crippen MR) is 65.3 cm³/mol. The quantitative estimate of drug-likeness (QED) is 0.850. The molecule has 2 rings (SSSR count). The monoisotopic (exact) mass is 253 g/mol. The lowest BCUT2D eigenvalue weighted by atomic mass is 10.4. The van der Waals surface area contributed by atoms with Gasteiger partial charge >= 0.3 is 5.19 Å². The molecular weight excluding hydrogens is 238 g/mol. The molecule has 2 heterocycles. The number of nitrogens with zero attached hydrogens (tertiary/aromatic N) is 3. The van der Waals surface area contributed by atoms with Crippen LogP contribution in [0.4, 0.5) is 0 Å². The van der Waals surface area contributed by atoms with Crippen molar-refractivity contribution in [3.05, 3.63) is 16.8 Å². The van der Waals surface area contributed by atoms with Gasteiger partial charge in [-0.25, -0.2) is 0 Å². The molecule has 0 unspecified atom stereocenters. The van der Waals surface area contributed by atoms with Gasteiger partial charge in [0.2, 0.25) is 5.88 Å². The van der Waals surface area contributed by atoms with Gasteiger partial charge in [0.25, 0.3) is 0 Å². The molecule has 0 atom stereocenters. The fraction of sp³-hybridized carbons (Fsp3) is 0.500. The number of hydrogen-bond donors (Lipinski definition) is 2. The fourth-order valence-electron chi connectivity index (χ4n) is 1.18. The second-order valence-corrected chi connectivity index (χ2v) is 5.01. The number of aromatic amines is 1. The molecule has 2 aromatic heterocycles. The van der Waals surface area contributed by atoms with E-state index in [2.05, 4.69) is 39.6 Å². The number of hydrogen-bond acceptors (Lipinski definition) is 6. The third kappa shape index (κ3) is 3.50. The largest absolute Gasteiger partial charge is 0.409 e. The number of rotatable bonds is 5. The average Bonchev–Trinajstić information content (AvgIpc) is 2.86. The highest BCUT2D eigenvalue weighted by Gasteiger charge is 2.08. The maximum atomic E-state index is 5.46. The number of aryl methyl sites for hydroxylation is 1. The summed E-state index contributed by atoms with van der Waals surface area (Å²) >= 11 is 1.42. The van der Waals surface area contributed by atoms with Crippen LogP contribution < -0.4 is 10.1 Å².